The van der Waals surface area contributed by atoms with Crippen LogP contribution in [0.15, 0.2) is 4.99 Å². The molecule has 0 spiro atoms. The molecule has 7 heteroatoms. The fraction of sp³-hybridized carbons (Fsp3) is 0.375. The molecule has 15 heavy (non-hydrogen) atoms. The Labute approximate surface area is 93.1 Å². The van der Waals surface area contributed by atoms with Crippen molar-refractivity contribution in [2.75, 3.05) is 5.73 Å². The maximum atomic E-state index is 11.4. The highest BCUT2D eigenvalue weighted by molar-refractivity contribution is 5.91. The molecule has 0 fully saturated rings. The first-order valence-corrected chi connectivity index (χ1v) is 4.32. The van der Waals surface area contributed by atoms with Gasteiger partial charge in [-0.1, -0.05) is 0 Å². The van der Waals surface area contributed by atoms with E-state index in [0.717, 1.165) is 5.71 Å². The summed E-state index contributed by atoms with van der Waals surface area (Å²) in [5, 5.41) is 13.3. The zero-order valence-corrected chi connectivity index (χ0v) is 9.21. The number of quaternary nitrogens is 1. The third-order valence-corrected chi connectivity index (χ3v) is 2.25. The van der Waals surface area contributed by atoms with Crippen molar-refractivity contribution < 1.29 is 10.4 Å². The van der Waals surface area contributed by atoms with Crippen LogP contribution in [-0.2, 0) is 0 Å². The largest absolute Gasteiger partial charge is 0.857 e. The summed E-state index contributed by atoms with van der Waals surface area (Å²) in [5.41, 5.74) is 6.56. The molecule has 0 aromatic carbocycles. The number of nitrogens with zero attached hydrogens (tertiary/aromatic N) is 3. The van der Waals surface area contributed by atoms with Crippen LogP contribution in [0.4, 0.5) is 17.5 Å². The van der Waals surface area contributed by atoms with Crippen molar-refractivity contribution in [1.82, 2.24) is 9.97 Å². The molecule has 0 aliphatic carbocycles. The number of halogens is 1. The van der Waals surface area contributed by atoms with Crippen molar-refractivity contribution in [3.05, 3.63) is 0 Å². The van der Waals surface area contributed by atoms with Crippen molar-refractivity contribution >= 4 is 35.6 Å². The molecule has 1 aromatic rings. The van der Waals surface area contributed by atoms with Gasteiger partial charge < -0.3 is 10.8 Å². The number of hydrogen-bond acceptors (Lipinski definition) is 5. The van der Waals surface area contributed by atoms with Gasteiger partial charge in [0.2, 0.25) is 5.95 Å². The van der Waals surface area contributed by atoms with Crippen LogP contribution in [-0.4, -0.2) is 21.7 Å². The number of aromatic nitrogens is 2. The standard InChI is InChI=1S/C8H11N5O.ClH/c1-3-4(2)11-6-5(10-3)7(14)13-8(9)12-6;/h4H,1-2H3,(H4,9,11,12,13,14);1H. The predicted octanol–water partition coefficient (Wildman–Crippen LogP) is -0.756. The van der Waals surface area contributed by atoms with Crippen molar-refractivity contribution in [3.63, 3.8) is 0 Å². The third-order valence-electron chi connectivity index (χ3n) is 2.25. The molecule has 2 rings (SSSR count). The van der Waals surface area contributed by atoms with Gasteiger partial charge in [0, 0.05) is 5.88 Å². The number of anilines is 1. The van der Waals surface area contributed by atoms with Crippen molar-refractivity contribution in [1.29, 1.82) is 0 Å². The average Bonchev–Trinajstić information content (AvgIpc) is 2.08. The first-order chi connectivity index (χ1) is 6.58. The van der Waals surface area contributed by atoms with Gasteiger partial charge in [0.1, 0.15) is 6.04 Å². The fourth-order valence-corrected chi connectivity index (χ4v) is 1.32. The Balaban J connectivity index is 0.00000112. The summed E-state index contributed by atoms with van der Waals surface area (Å²) in [6, 6.07) is 0.191. The molecule has 0 saturated heterocycles. The molecule has 1 aromatic heterocycles. The second kappa shape index (κ2) is 4.00. The van der Waals surface area contributed by atoms with E-state index in [-0.39, 0.29) is 24.4 Å². The highest BCUT2D eigenvalue weighted by Crippen LogP contribution is 2.29. The Morgan fingerprint density at radius 3 is 2.73 bits per heavy atom. The van der Waals surface area contributed by atoms with Gasteiger partial charge in [-0.3, -0.25) is 5.32 Å². The summed E-state index contributed by atoms with van der Waals surface area (Å²) in [6.45, 7) is 3.87. The van der Waals surface area contributed by atoms with E-state index in [1.165, 1.54) is 0 Å². The Hall–Kier alpha value is -1.40. The molecule has 0 radical (unpaired) electrons. The minimum atomic E-state index is -0.407. The lowest BCUT2D eigenvalue weighted by molar-refractivity contribution is -0.593. The van der Waals surface area contributed by atoms with Gasteiger partial charge in [0.15, 0.2) is 5.69 Å². The van der Waals surface area contributed by atoms with Crippen molar-refractivity contribution in [3.8, 4) is 5.88 Å². The lowest BCUT2D eigenvalue weighted by Gasteiger charge is -2.19. The summed E-state index contributed by atoms with van der Waals surface area (Å²) >= 11 is 0. The van der Waals surface area contributed by atoms with E-state index in [4.69, 9.17) is 5.73 Å². The Morgan fingerprint density at radius 1 is 1.40 bits per heavy atom. The van der Waals surface area contributed by atoms with E-state index in [9.17, 15) is 5.11 Å². The van der Waals surface area contributed by atoms with E-state index < -0.39 is 5.88 Å². The summed E-state index contributed by atoms with van der Waals surface area (Å²) in [4.78, 5) is 11.7. The molecule has 1 atom stereocenters. The van der Waals surface area contributed by atoms with Crippen LogP contribution in [0.2, 0.25) is 0 Å². The monoisotopic (exact) mass is 229 g/mol. The molecule has 0 saturated carbocycles. The van der Waals surface area contributed by atoms with Crippen LogP contribution in [0.1, 0.15) is 13.8 Å². The van der Waals surface area contributed by atoms with Crippen LogP contribution in [0, 0.1) is 0 Å². The molecule has 2 heterocycles. The van der Waals surface area contributed by atoms with Crippen LogP contribution >= 0.6 is 12.4 Å². The molecule has 4 N–H and O–H groups in total. The molecule has 1 unspecified atom stereocenters. The second-order valence-electron chi connectivity index (χ2n) is 3.33. The molecule has 82 valence electrons. The van der Waals surface area contributed by atoms with Crippen LogP contribution in [0.3, 0.4) is 0 Å². The van der Waals surface area contributed by atoms with E-state index in [1.54, 1.807) is 0 Å². The number of nitrogens with two attached hydrogens (primary N) is 2. The molecular weight excluding hydrogens is 218 g/mol. The van der Waals surface area contributed by atoms with Gasteiger partial charge in [-0.05, 0) is 13.8 Å². The Kier molecular flexibility index (Phi) is 3.11. The zero-order chi connectivity index (χ0) is 10.3. The number of fused-ring (bicyclic) bond motifs is 1. The predicted molar refractivity (Wildman–Crippen MR) is 57.0 cm³/mol. The molecule has 1 aliphatic heterocycles. The maximum Gasteiger partial charge on any atom is 0.255 e. The smallest absolute Gasteiger partial charge is 0.255 e. The van der Waals surface area contributed by atoms with E-state index in [1.807, 2.05) is 19.2 Å². The maximum absolute atomic E-state index is 11.4. The lowest BCUT2D eigenvalue weighted by Crippen LogP contribution is -2.86. The summed E-state index contributed by atoms with van der Waals surface area (Å²) < 4.78 is 0. The average molecular weight is 230 g/mol. The van der Waals surface area contributed by atoms with Crippen LogP contribution in [0.25, 0.3) is 0 Å². The third kappa shape index (κ3) is 2.00. The summed E-state index contributed by atoms with van der Waals surface area (Å²) in [6.07, 6.45) is 0. The normalized spacial score (nSPS) is 18.8. The van der Waals surface area contributed by atoms with Crippen LogP contribution < -0.4 is 16.2 Å². The van der Waals surface area contributed by atoms with E-state index in [0.29, 0.717) is 11.5 Å². The number of aliphatic imine (C=N–C) groups is 1. The van der Waals surface area contributed by atoms with Gasteiger partial charge in [-0.15, -0.1) is 12.4 Å². The van der Waals surface area contributed by atoms with Gasteiger partial charge in [0.05, 0.1) is 5.71 Å². The molecule has 0 bridgehead atoms. The SMILES string of the molecule is CC1=Nc2c([O-])nc(N)nc2[NH2+]C1C.Cl. The fourth-order valence-electron chi connectivity index (χ4n) is 1.32. The Morgan fingerprint density at radius 2 is 2.07 bits per heavy atom. The first kappa shape index (κ1) is 11.7. The molecule has 6 nitrogen and oxygen atoms in total. The van der Waals surface area contributed by atoms with Gasteiger partial charge in [0.25, 0.3) is 5.82 Å². The number of rotatable bonds is 0. The summed E-state index contributed by atoms with van der Waals surface area (Å²) in [7, 11) is 0. The molecular formula is C8H12ClN5O. The van der Waals surface area contributed by atoms with E-state index >= 15 is 0 Å². The van der Waals surface area contributed by atoms with Gasteiger partial charge in [-0.2, -0.15) is 4.98 Å². The van der Waals surface area contributed by atoms with Crippen molar-refractivity contribution in [2.24, 2.45) is 4.99 Å². The highest BCUT2D eigenvalue weighted by Gasteiger charge is 2.22. The quantitative estimate of drug-likeness (QED) is 0.610. The summed E-state index contributed by atoms with van der Waals surface area (Å²) in [5.74, 6) is 0.141. The minimum Gasteiger partial charge on any atom is -0.857 e. The van der Waals surface area contributed by atoms with E-state index in [2.05, 4.69) is 15.0 Å². The van der Waals surface area contributed by atoms with Gasteiger partial charge in [-0.25, -0.2) is 9.98 Å². The highest BCUT2D eigenvalue weighted by atomic mass is 35.5. The lowest BCUT2D eigenvalue weighted by atomic mass is 10.2. The van der Waals surface area contributed by atoms with Crippen molar-refractivity contribution in [2.45, 2.75) is 19.9 Å². The zero-order valence-electron chi connectivity index (χ0n) is 8.39. The Bertz CT molecular complexity index is 420. The molecule has 1 aliphatic rings. The first-order valence-electron chi connectivity index (χ1n) is 4.32. The second-order valence-corrected chi connectivity index (χ2v) is 3.33. The number of hydrogen-bond donors (Lipinski definition) is 2. The topological polar surface area (TPSA) is 104 Å². The number of nitrogen functional groups attached to an aromatic ring is 1. The molecule has 0 amide bonds. The van der Waals surface area contributed by atoms with Crippen LogP contribution in [0.5, 0.6) is 5.88 Å². The minimum absolute atomic E-state index is 0. The van der Waals surface area contributed by atoms with Gasteiger partial charge >= 0.3 is 0 Å².